The molecule has 0 aliphatic heterocycles. The van der Waals surface area contributed by atoms with Crippen molar-refractivity contribution in [3.63, 3.8) is 0 Å². The summed E-state index contributed by atoms with van der Waals surface area (Å²) in [4.78, 5) is 23.8. The number of rotatable bonds is 5. The summed E-state index contributed by atoms with van der Waals surface area (Å²) in [5.41, 5.74) is 5.67. The lowest BCUT2D eigenvalue weighted by Crippen LogP contribution is -2.28. The number of benzene rings is 1. The number of thiophene rings is 1. The van der Waals surface area contributed by atoms with Crippen LogP contribution in [0.4, 0.5) is 11.4 Å². The maximum absolute atomic E-state index is 12.3. The van der Waals surface area contributed by atoms with Crippen LogP contribution in [0, 0.1) is 10.1 Å². The van der Waals surface area contributed by atoms with Gasteiger partial charge in [0.05, 0.1) is 11.0 Å². The van der Waals surface area contributed by atoms with Gasteiger partial charge in [-0.3, -0.25) is 14.9 Å². The minimum atomic E-state index is -0.583. The molecule has 3 N–H and O–H groups in total. The van der Waals surface area contributed by atoms with E-state index in [0.717, 1.165) is 4.88 Å². The topological polar surface area (TPSA) is 98.3 Å². The Balaban J connectivity index is 2.27. The lowest BCUT2D eigenvalue weighted by Gasteiger charge is -2.15. The zero-order chi connectivity index (χ0) is 15.4. The maximum atomic E-state index is 12.3. The number of nitro benzene ring substituents is 1. The molecule has 1 aromatic carbocycles. The van der Waals surface area contributed by atoms with E-state index in [1.54, 1.807) is 0 Å². The van der Waals surface area contributed by atoms with E-state index in [4.69, 9.17) is 5.73 Å². The largest absolute Gasteiger partial charge is 0.399 e. The van der Waals surface area contributed by atoms with Crippen molar-refractivity contribution in [3.05, 3.63) is 56.3 Å². The number of hydrogen-bond acceptors (Lipinski definition) is 5. The summed E-state index contributed by atoms with van der Waals surface area (Å²) in [6, 6.07) is 7.64. The third-order valence-corrected chi connectivity index (χ3v) is 4.05. The summed E-state index contributed by atoms with van der Waals surface area (Å²) >= 11 is 1.53. The van der Waals surface area contributed by atoms with E-state index in [1.165, 1.54) is 29.5 Å². The molecule has 2 aromatic rings. The Morgan fingerprint density at radius 3 is 2.81 bits per heavy atom. The number of nitrogens with one attached hydrogen (secondary N) is 1. The van der Waals surface area contributed by atoms with E-state index in [-0.39, 0.29) is 17.3 Å². The van der Waals surface area contributed by atoms with Crippen LogP contribution in [-0.2, 0) is 0 Å². The summed E-state index contributed by atoms with van der Waals surface area (Å²) in [5.74, 6) is -0.491. The third kappa shape index (κ3) is 3.38. The van der Waals surface area contributed by atoms with Crippen molar-refractivity contribution in [2.24, 2.45) is 0 Å². The fourth-order valence-corrected chi connectivity index (χ4v) is 2.86. The molecule has 7 heteroatoms. The van der Waals surface area contributed by atoms with E-state index < -0.39 is 10.8 Å². The van der Waals surface area contributed by atoms with Crippen LogP contribution >= 0.6 is 11.3 Å². The van der Waals surface area contributed by atoms with E-state index in [9.17, 15) is 14.9 Å². The van der Waals surface area contributed by atoms with Crippen molar-refractivity contribution in [2.45, 2.75) is 19.4 Å². The molecule has 0 bridgehead atoms. The van der Waals surface area contributed by atoms with Crippen LogP contribution in [0.25, 0.3) is 0 Å². The van der Waals surface area contributed by atoms with Gasteiger partial charge in [0.1, 0.15) is 5.56 Å². The highest BCUT2D eigenvalue weighted by Crippen LogP contribution is 2.25. The number of nitro groups is 1. The molecule has 21 heavy (non-hydrogen) atoms. The predicted octanol–water partition coefficient (Wildman–Crippen LogP) is 3.12. The minimum absolute atomic E-state index is 0.0185. The van der Waals surface area contributed by atoms with Crippen molar-refractivity contribution in [1.82, 2.24) is 5.32 Å². The van der Waals surface area contributed by atoms with Crippen LogP contribution in [0.5, 0.6) is 0 Å². The van der Waals surface area contributed by atoms with Crippen molar-refractivity contribution in [2.75, 3.05) is 5.73 Å². The molecular weight excluding hydrogens is 290 g/mol. The summed E-state index contributed by atoms with van der Waals surface area (Å²) in [5, 5.41) is 15.8. The lowest BCUT2D eigenvalue weighted by molar-refractivity contribution is -0.385. The standard InChI is InChI=1S/C14H15N3O3S/c1-2-11(13-4-3-7-21-13)16-14(18)10-8-9(15)5-6-12(10)17(19)20/h3-8,11H,2,15H2,1H3,(H,16,18). The summed E-state index contributed by atoms with van der Waals surface area (Å²) in [7, 11) is 0. The highest BCUT2D eigenvalue weighted by molar-refractivity contribution is 7.10. The quantitative estimate of drug-likeness (QED) is 0.503. The fraction of sp³-hybridized carbons (Fsp3) is 0.214. The first kappa shape index (κ1) is 15.0. The van der Waals surface area contributed by atoms with Crippen LogP contribution in [-0.4, -0.2) is 10.8 Å². The van der Waals surface area contributed by atoms with Gasteiger partial charge in [0.2, 0.25) is 0 Å². The summed E-state index contributed by atoms with van der Waals surface area (Å²) in [6.07, 6.45) is 0.697. The van der Waals surface area contributed by atoms with Crippen molar-refractivity contribution >= 4 is 28.6 Å². The Bertz CT molecular complexity index is 655. The zero-order valence-corrected chi connectivity index (χ0v) is 12.2. The Labute approximate surface area is 125 Å². The first-order valence-corrected chi connectivity index (χ1v) is 7.29. The number of hydrogen-bond donors (Lipinski definition) is 2. The smallest absolute Gasteiger partial charge is 0.282 e. The third-order valence-electron chi connectivity index (χ3n) is 3.06. The SMILES string of the molecule is CCC(NC(=O)c1cc(N)ccc1[N+](=O)[O-])c1cccs1. The van der Waals surface area contributed by atoms with E-state index in [1.807, 2.05) is 24.4 Å². The van der Waals surface area contributed by atoms with Gasteiger partial charge in [-0.1, -0.05) is 13.0 Å². The molecule has 0 saturated carbocycles. The van der Waals surface area contributed by atoms with E-state index in [2.05, 4.69) is 5.32 Å². The fourth-order valence-electron chi connectivity index (χ4n) is 1.99. The van der Waals surface area contributed by atoms with Gasteiger partial charge in [0.15, 0.2) is 0 Å². The highest BCUT2D eigenvalue weighted by Gasteiger charge is 2.23. The average Bonchev–Trinajstić information content (AvgIpc) is 2.98. The van der Waals surface area contributed by atoms with Gasteiger partial charge in [0.25, 0.3) is 11.6 Å². The molecule has 0 saturated heterocycles. The molecule has 1 unspecified atom stereocenters. The van der Waals surface area contributed by atoms with Crippen LogP contribution in [0.1, 0.15) is 34.6 Å². The molecule has 110 valence electrons. The van der Waals surface area contributed by atoms with Crippen LogP contribution in [0.2, 0.25) is 0 Å². The van der Waals surface area contributed by atoms with E-state index >= 15 is 0 Å². The number of nitrogen functional groups attached to an aromatic ring is 1. The number of nitrogens with zero attached hydrogens (tertiary/aromatic N) is 1. The Hall–Kier alpha value is -2.41. The summed E-state index contributed by atoms with van der Waals surface area (Å²) in [6.45, 7) is 1.94. The first-order valence-electron chi connectivity index (χ1n) is 6.41. The second-order valence-electron chi connectivity index (χ2n) is 4.48. The van der Waals surface area contributed by atoms with Gasteiger partial charge in [-0.15, -0.1) is 11.3 Å². The molecule has 0 spiro atoms. The van der Waals surface area contributed by atoms with Gasteiger partial charge in [0, 0.05) is 16.6 Å². The lowest BCUT2D eigenvalue weighted by atomic mass is 10.1. The molecular formula is C14H15N3O3S. The normalized spacial score (nSPS) is 11.9. The van der Waals surface area contributed by atoms with E-state index in [0.29, 0.717) is 12.1 Å². The predicted molar refractivity (Wildman–Crippen MR) is 82.3 cm³/mol. The number of amides is 1. The zero-order valence-electron chi connectivity index (χ0n) is 11.4. The highest BCUT2D eigenvalue weighted by atomic mass is 32.1. The summed E-state index contributed by atoms with van der Waals surface area (Å²) < 4.78 is 0. The second-order valence-corrected chi connectivity index (χ2v) is 5.46. The molecule has 1 amide bonds. The van der Waals surface area contributed by atoms with Gasteiger partial charge in [-0.2, -0.15) is 0 Å². The molecule has 2 rings (SSSR count). The number of carbonyl (C=O) groups is 1. The molecule has 6 nitrogen and oxygen atoms in total. The number of carbonyl (C=O) groups excluding carboxylic acids is 1. The van der Waals surface area contributed by atoms with Crippen molar-refractivity contribution in [3.8, 4) is 0 Å². The Morgan fingerprint density at radius 2 is 2.24 bits per heavy atom. The van der Waals surface area contributed by atoms with Gasteiger partial charge in [-0.25, -0.2) is 0 Å². The average molecular weight is 305 g/mol. The Kier molecular flexibility index (Phi) is 4.54. The van der Waals surface area contributed by atoms with Crippen LogP contribution in [0.3, 0.4) is 0 Å². The van der Waals surface area contributed by atoms with Crippen LogP contribution in [0.15, 0.2) is 35.7 Å². The van der Waals surface area contributed by atoms with Crippen molar-refractivity contribution in [1.29, 1.82) is 0 Å². The number of nitrogens with two attached hydrogens (primary N) is 1. The number of anilines is 1. The van der Waals surface area contributed by atoms with Gasteiger partial charge >= 0.3 is 0 Å². The second kappa shape index (κ2) is 6.36. The van der Waals surface area contributed by atoms with Crippen molar-refractivity contribution < 1.29 is 9.72 Å². The molecule has 0 aliphatic rings. The molecule has 0 radical (unpaired) electrons. The molecule has 1 aromatic heterocycles. The minimum Gasteiger partial charge on any atom is -0.399 e. The molecule has 1 heterocycles. The molecule has 0 aliphatic carbocycles. The van der Waals surface area contributed by atoms with Crippen LogP contribution < -0.4 is 11.1 Å². The Morgan fingerprint density at radius 1 is 1.48 bits per heavy atom. The van der Waals surface area contributed by atoms with Gasteiger partial charge in [-0.05, 0) is 30.0 Å². The monoisotopic (exact) mass is 305 g/mol. The first-order chi connectivity index (χ1) is 10.0. The molecule has 0 fully saturated rings. The molecule has 1 atom stereocenters. The maximum Gasteiger partial charge on any atom is 0.282 e. The van der Waals surface area contributed by atoms with Gasteiger partial charge < -0.3 is 11.1 Å².